The molecule has 0 fully saturated rings. The second kappa shape index (κ2) is 5.25. The molecule has 0 aliphatic carbocycles. The van der Waals surface area contributed by atoms with Crippen LogP contribution in [0.1, 0.15) is 17.0 Å². The molecule has 0 unspecified atom stereocenters. The summed E-state index contributed by atoms with van der Waals surface area (Å²) in [6.45, 7) is 0. The summed E-state index contributed by atoms with van der Waals surface area (Å²) >= 11 is 3.50. The molecule has 3 heteroatoms. The zero-order chi connectivity index (χ0) is 15.1. The molecule has 0 bridgehead atoms. The Labute approximate surface area is 136 Å². The van der Waals surface area contributed by atoms with E-state index in [-0.39, 0.29) is 11.9 Å². The maximum Gasteiger partial charge on any atom is 0.319 e. The van der Waals surface area contributed by atoms with Crippen molar-refractivity contribution in [1.82, 2.24) is 0 Å². The summed E-state index contributed by atoms with van der Waals surface area (Å²) < 4.78 is 6.64. The molecule has 1 aliphatic rings. The molecular weight excluding hydrogens is 340 g/mol. The van der Waals surface area contributed by atoms with Gasteiger partial charge in [-0.1, -0.05) is 58.4 Å². The fraction of sp³-hybridized carbons (Fsp3) is 0.105. The van der Waals surface area contributed by atoms with Crippen molar-refractivity contribution in [1.29, 1.82) is 0 Å². The minimum Gasteiger partial charge on any atom is -0.426 e. The highest BCUT2D eigenvalue weighted by Crippen LogP contribution is 2.38. The molecule has 0 radical (unpaired) electrons. The molecule has 22 heavy (non-hydrogen) atoms. The number of ether oxygens (including phenoxy) is 1. The zero-order valence-electron chi connectivity index (χ0n) is 11.8. The minimum absolute atomic E-state index is 0.171. The molecule has 4 rings (SSSR count). The highest BCUT2D eigenvalue weighted by atomic mass is 79.9. The predicted molar refractivity (Wildman–Crippen MR) is 90.2 cm³/mol. The SMILES string of the molecule is O=C1Oc2ccc3cc(Br)ccc3c2C[C@@H]1c1ccccc1. The number of carbonyl (C=O) groups is 1. The first-order chi connectivity index (χ1) is 10.7. The van der Waals surface area contributed by atoms with Gasteiger partial charge in [0.2, 0.25) is 0 Å². The van der Waals surface area contributed by atoms with E-state index >= 15 is 0 Å². The van der Waals surface area contributed by atoms with E-state index in [4.69, 9.17) is 4.74 Å². The smallest absolute Gasteiger partial charge is 0.319 e. The normalized spacial score (nSPS) is 17.1. The Morgan fingerprint density at radius 1 is 1.00 bits per heavy atom. The van der Waals surface area contributed by atoms with Crippen LogP contribution in [0.25, 0.3) is 10.8 Å². The number of rotatable bonds is 1. The van der Waals surface area contributed by atoms with Gasteiger partial charge in [-0.2, -0.15) is 0 Å². The molecule has 1 atom stereocenters. The van der Waals surface area contributed by atoms with Gasteiger partial charge in [-0.05, 0) is 41.0 Å². The van der Waals surface area contributed by atoms with Crippen molar-refractivity contribution in [2.45, 2.75) is 12.3 Å². The fourth-order valence-electron chi connectivity index (χ4n) is 3.06. The molecule has 0 saturated heterocycles. The number of fused-ring (bicyclic) bond motifs is 3. The van der Waals surface area contributed by atoms with Crippen LogP contribution in [0.3, 0.4) is 0 Å². The number of hydrogen-bond donors (Lipinski definition) is 0. The van der Waals surface area contributed by atoms with Crippen LogP contribution < -0.4 is 4.74 Å². The van der Waals surface area contributed by atoms with E-state index in [0.29, 0.717) is 12.2 Å². The van der Waals surface area contributed by atoms with Crippen LogP contribution in [0, 0.1) is 0 Å². The van der Waals surface area contributed by atoms with Gasteiger partial charge in [-0.3, -0.25) is 4.79 Å². The summed E-state index contributed by atoms with van der Waals surface area (Å²) in [5.74, 6) is 0.283. The lowest BCUT2D eigenvalue weighted by molar-refractivity contribution is -0.137. The van der Waals surface area contributed by atoms with E-state index in [0.717, 1.165) is 26.4 Å². The molecule has 0 aromatic heterocycles. The Balaban J connectivity index is 1.85. The van der Waals surface area contributed by atoms with Crippen molar-refractivity contribution in [2.24, 2.45) is 0 Å². The van der Waals surface area contributed by atoms with Gasteiger partial charge in [-0.25, -0.2) is 0 Å². The molecule has 2 nitrogen and oxygen atoms in total. The van der Waals surface area contributed by atoms with Crippen molar-refractivity contribution in [3.05, 3.63) is 76.3 Å². The van der Waals surface area contributed by atoms with E-state index < -0.39 is 0 Å². The van der Waals surface area contributed by atoms with Crippen LogP contribution in [0.15, 0.2) is 65.1 Å². The number of benzene rings is 3. The maximum atomic E-state index is 12.3. The highest BCUT2D eigenvalue weighted by Gasteiger charge is 2.30. The van der Waals surface area contributed by atoms with Gasteiger partial charge in [0.05, 0.1) is 5.92 Å². The first kappa shape index (κ1) is 13.5. The van der Waals surface area contributed by atoms with Gasteiger partial charge in [-0.15, -0.1) is 0 Å². The van der Waals surface area contributed by atoms with Crippen molar-refractivity contribution in [2.75, 3.05) is 0 Å². The molecule has 3 aromatic rings. The Kier molecular flexibility index (Phi) is 3.23. The second-order valence-electron chi connectivity index (χ2n) is 5.50. The molecule has 108 valence electrons. The third-order valence-electron chi connectivity index (χ3n) is 4.16. The molecule has 3 aromatic carbocycles. The lowest BCUT2D eigenvalue weighted by atomic mass is 9.87. The molecule has 0 saturated carbocycles. The first-order valence-electron chi connectivity index (χ1n) is 7.20. The van der Waals surface area contributed by atoms with E-state index in [1.54, 1.807) is 0 Å². The molecule has 0 amide bonds. The van der Waals surface area contributed by atoms with Crippen molar-refractivity contribution in [3.8, 4) is 5.75 Å². The van der Waals surface area contributed by atoms with Gasteiger partial charge in [0.25, 0.3) is 0 Å². The van der Waals surface area contributed by atoms with Gasteiger partial charge in [0.15, 0.2) is 0 Å². The molecule has 1 aliphatic heterocycles. The average molecular weight is 353 g/mol. The van der Waals surface area contributed by atoms with Crippen LogP contribution in [0.5, 0.6) is 5.75 Å². The topological polar surface area (TPSA) is 26.3 Å². The molecule has 1 heterocycles. The summed E-state index contributed by atoms with van der Waals surface area (Å²) in [6.07, 6.45) is 0.678. The highest BCUT2D eigenvalue weighted by molar-refractivity contribution is 9.10. The maximum absolute atomic E-state index is 12.3. The lowest BCUT2D eigenvalue weighted by Crippen LogP contribution is -2.26. The van der Waals surface area contributed by atoms with Crippen molar-refractivity contribution < 1.29 is 9.53 Å². The standard InChI is InChI=1S/C19H13BrO2/c20-14-7-8-15-13(10-14)6-9-18-17(15)11-16(19(21)22-18)12-4-2-1-3-5-12/h1-10,16H,11H2/t16-/m1/s1. The Morgan fingerprint density at radius 2 is 1.82 bits per heavy atom. The van der Waals surface area contributed by atoms with Crippen LogP contribution in [-0.4, -0.2) is 5.97 Å². The monoisotopic (exact) mass is 352 g/mol. The van der Waals surface area contributed by atoms with Crippen LogP contribution in [0.4, 0.5) is 0 Å². The van der Waals surface area contributed by atoms with Crippen molar-refractivity contribution in [3.63, 3.8) is 0 Å². The van der Waals surface area contributed by atoms with Gasteiger partial charge < -0.3 is 4.74 Å². The fourth-order valence-corrected chi connectivity index (χ4v) is 3.44. The molecular formula is C19H13BrO2. The number of esters is 1. The average Bonchev–Trinajstić information content (AvgIpc) is 2.54. The van der Waals surface area contributed by atoms with E-state index in [1.165, 1.54) is 0 Å². The van der Waals surface area contributed by atoms with Crippen LogP contribution >= 0.6 is 15.9 Å². The van der Waals surface area contributed by atoms with Crippen LogP contribution in [-0.2, 0) is 11.2 Å². The first-order valence-corrected chi connectivity index (χ1v) is 7.99. The summed E-state index contributed by atoms with van der Waals surface area (Å²) in [4.78, 5) is 12.3. The Bertz CT molecular complexity index is 871. The number of carbonyl (C=O) groups excluding carboxylic acids is 1. The second-order valence-corrected chi connectivity index (χ2v) is 6.41. The number of halogens is 1. The van der Waals surface area contributed by atoms with Gasteiger partial charge >= 0.3 is 5.97 Å². The summed E-state index contributed by atoms with van der Waals surface area (Å²) in [6, 6.07) is 19.9. The van der Waals surface area contributed by atoms with Gasteiger partial charge in [0, 0.05) is 10.0 Å². The minimum atomic E-state index is -0.233. The largest absolute Gasteiger partial charge is 0.426 e. The Morgan fingerprint density at radius 3 is 2.64 bits per heavy atom. The predicted octanol–water partition coefficient (Wildman–Crippen LogP) is 4.85. The van der Waals surface area contributed by atoms with Crippen molar-refractivity contribution >= 4 is 32.7 Å². The molecule has 0 N–H and O–H groups in total. The summed E-state index contributed by atoms with van der Waals surface area (Å²) in [7, 11) is 0. The third-order valence-corrected chi connectivity index (χ3v) is 4.65. The van der Waals surface area contributed by atoms with E-state index in [9.17, 15) is 4.79 Å². The molecule has 0 spiro atoms. The third kappa shape index (κ3) is 2.22. The van der Waals surface area contributed by atoms with E-state index in [1.807, 2.05) is 48.5 Å². The van der Waals surface area contributed by atoms with Gasteiger partial charge in [0.1, 0.15) is 5.75 Å². The lowest BCUT2D eigenvalue weighted by Gasteiger charge is -2.25. The Hall–Kier alpha value is -2.13. The number of hydrogen-bond acceptors (Lipinski definition) is 2. The zero-order valence-corrected chi connectivity index (χ0v) is 13.3. The van der Waals surface area contributed by atoms with Crippen LogP contribution in [0.2, 0.25) is 0 Å². The summed E-state index contributed by atoms with van der Waals surface area (Å²) in [5.41, 5.74) is 2.12. The van der Waals surface area contributed by atoms with E-state index in [2.05, 4.69) is 28.1 Å². The quantitative estimate of drug-likeness (QED) is 0.462. The summed E-state index contributed by atoms with van der Waals surface area (Å²) in [5, 5.41) is 2.30.